The van der Waals surface area contributed by atoms with Crippen molar-refractivity contribution >= 4 is 33.0 Å². The van der Waals surface area contributed by atoms with Crippen LogP contribution in [0.2, 0.25) is 0 Å². The van der Waals surface area contributed by atoms with E-state index in [0.717, 1.165) is 0 Å². The molecule has 0 aliphatic carbocycles. The molecule has 152 valence electrons. The molecule has 1 amide bonds. The Morgan fingerprint density at radius 1 is 1.25 bits per heavy atom. The van der Waals surface area contributed by atoms with Crippen LogP contribution in [-0.2, 0) is 26.1 Å². The number of sulfonamides is 1. The third-order valence-electron chi connectivity index (χ3n) is 4.76. The Hall–Kier alpha value is -1.78. The van der Waals surface area contributed by atoms with Crippen molar-refractivity contribution in [2.45, 2.75) is 24.4 Å². The van der Waals surface area contributed by atoms with Gasteiger partial charge in [0, 0.05) is 30.2 Å². The van der Waals surface area contributed by atoms with E-state index in [1.165, 1.54) is 21.3 Å². The molecule has 9 heteroatoms. The van der Waals surface area contributed by atoms with Crippen LogP contribution in [-0.4, -0.2) is 62.9 Å². The van der Waals surface area contributed by atoms with Gasteiger partial charge in [-0.1, -0.05) is 6.07 Å². The van der Waals surface area contributed by atoms with Crippen LogP contribution in [0.15, 0.2) is 46.7 Å². The first kappa shape index (κ1) is 20.9. The van der Waals surface area contributed by atoms with Crippen LogP contribution in [0.25, 0.3) is 0 Å². The first-order valence-electron chi connectivity index (χ1n) is 9.09. The van der Waals surface area contributed by atoms with Gasteiger partial charge in [-0.25, -0.2) is 8.42 Å². The molecular weight excluding hydrogens is 398 g/mol. The number of ether oxygens (including phenoxy) is 1. The van der Waals surface area contributed by atoms with Gasteiger partial charge in [-0.05, 0) is 49.7 Å². The number of benzene rings is 1. The molecule has 1 aliphatic heterocycles. The fourth-order valence-electron chi connectivity index (χ4n) is 2.88. The van der Waals surface area contributed by atoms with E-state index < -0.39 is 10.0 Å². The van der Waals surface area contributed by atoms with Crippen molar-refractivity contribution in [3.05, 3.63) is 46.7 Å². The van der Waals surface area contributed by atoms with Gasteiger partial charge in [0.05, 0.1) is 24.2 Å². The topological polar surface area (TPSA) is 79.0 Å². The molecule has 2 aromatic rings. The monoisotopic (exact) mass is 423 g/mol. The van der Waals surface area contributed by atoms with Crippen LogP contribution in [0.1, 0.15) is 11.8 Å². The maximum absolute atomic E-state index is 12.6. The quantitative estimate of drug-likeness (QED) is 0.739. The molecule has 0 spiro atoms. The zero-order valence-electron chi connectivity index (χ0n) is 16.0. The lowest BCUT2D eigenvalue weighted by molar-refractivity contribution is -0.120. The third-order valence-corrected chi connectivity index (χ3v) is 7.53. The Morgan fingerprint density at radius 2 is 1.93 bits per heavy atom. The van der Waals surface area contributed by atoms with Crippen LogP contribution in [0.4, 0.5) is 5.69 Å². The van der Waals surface area contributed by atoms with Gasteiger partial charge in [0.15, 0.2) is 0 Å². The van der Waals surface area contributed by atoms with E-state index in [-0.39, 0.29) is 16.8 Å². The fraction of sp³-hybridized carbons (Fsp3) is 0.421. The average molecular weight is 424 g/mol. The van der Waals surface area contributed by atoms with Crippen LogP contribution < -0.4 is 5.32 Å². The van der Waals surface area contributed by atoms with E-state index in [2.05, 4.69) is 5.32 Å². The summed E-state index contributed by atoms with van der Waals surface area (Å²) < 4.78 is 31.9. The molecule has 0 radical (unpaired) electrons. The number of hydrogen-bond acceptors (Lipinski definition) is 6. The summed E-state index contributed by atoms with van der Waals surface area (Å²) in [5.41, 5.74) is 0.572. The molecule has 0 saturated carbocycles. The predicted molar refractivity (Wildman–Crippen MR) is 110 cm³/mol. The third kappa shape index (κ3) is 4.98. The summed E-state index contributed by atoms with van der Waals surface area (Å²) in [5.74, 6) is -0.136. The average Bonchev–Trinajstić information content (AvgIpc) is 3.21. The second kappa shape index (κ2) is 9.15. The van der Waals surface area contributed by atoms with Gasteiger partial charge in [-0.15, -0.1) is 11.3 Å². The number of nitrogens with one attached hydrogen (secondary N) is 1. The maximum atomic E-state index is 12.6. The first-order chi connectivity index (χ1) is 13.4. The molecular formula is C19H25N3O4S2. The number of morpholine rings is 1. The maximum Gasteiger partial charge on any atom is 0.243 e. The molecule has 28 heavy (non-hydrogen) atoms. The fourth-order valence-corrected chi connectivity index (χ4v) is 5.05. The molecule has 1 aromatic carbocycles. The molecule has 1 N–H and O–H groups in total. The summed E-state index contributed by atoms with van der Waals surface area (Å²) in [5, 5.41) is 4.87. The molecule has 1 aliphatic rings. The van der Waals surface area contributed by atoms with Gasteiger partial charge < -0.3 is 10.1 Å². The van der Waals surface area contributed by atoms with Crippen LogP contribution in [0, 0.1) is 0 Å². The number of likely N-dealkylation sites (N-methyl/N-ethyl adjacent to an activating group) is 1. The van der Waals surface area contributed by atoms with Gasteiger partial charge in [-0.3, -0.25) is 9.69 Å². The van der Waals surface area contributed by atoms with E-state index in [0.29, 0.717) is 38.5 Å². The highest BCUT2D eigenvalue weighted by atomic mass is 32.2. The number of rotatable bonds is 7. The highest BCUT2D eigenvalue weighted by molar-refractivity contribution is 7.89. The van der Waals surface area contributed by atoms with Crippen molar-refractivity contribution in [2.24, 2.45) is 0 Å². The number of carbonyl (C=O) groups excluding carboxylic acids is 1. The van der Waals surface area contributed by atoms with Crippen LogP contribution >= 0.6 is 11.3 Å². The largest absolute Gasteiger partial charge is 0.379 e. The van der Waals surface area contributed by atoms with Crippen molar-refractivity contribution in [2.75, 3.05) is 38.7 Å². The van der Waals surface area contributed by atoms with Gasteiger partial charge in [0.1, 0.15) is 0 Å². The van der Waals surface area contributed by atoms with Crippen molar-refractivity contribution in [1.29, 1.82) is 0 Å². The zero-order valence-corrected chi connectivity index (χ0v) is 17.6. The second-order valence-corrected chi connectivity index (χ2v) is 9.67. The number of thiophene rings is 1. The lowest BCUT2D eigenvalue weighted by Gasteiger charge is -2.26. The smallest absolute Gasteiger partial charge is 0.243 e. The minimum absolute atomic E-state index is 0.136. The summed E-state index contributed by atoms with van der Waals surface area (Å²) in [4.78, 5) is 15.9. The normalized spacial score (nSPS) is 16.8. The molecule has 1 fully saturated rings. The highest BCUT2D eigenvalue weighted by Crippen LogP contribution is 2.20. The molecule has 7 nitrogen and oxygen atoms in total. The number of hydrogen-bond donors (Lipinski definition) is 1. The zero-order chi connectivity index (χ0) is 20.1. The number of anilines is 1. The minimum Gasteiger partial charge on any atom is -0.379 e. The van der Waals surface area contributed by atoms with E-state index in [1.807, 2.05) is 36.4 Å². The highest BCUT2D eigenvalue weighted by Gasteiger charge is 2.26. The molecule has 1 saturated heterocycles. The lowest BCUT2D eigenvalue weighted by atomic mass is 10.2. The number of nitrogens with zero attached hydrogens (tertiary/aromatic N) is 2. The predicted octanol–water partition coefficient (Wildman–Crippen LogP) is 2.23. The van der Waals surface area contributed by atoms with Crippen molar-refractivity contribution in [3.8, 4) is 0 Å². The Morgan fingerprint density at radius 3 is 2.54 bits per heavy atom. The van der Waals surface area contributed by atoms with Gasteiger partial charge in [0.25, 0.3) is 0 Å². The summed E-state index contributed by atoms with van der Waals surface area (Å²) in [6.07, 6.45) is 0. The summed E-state index contributed by atoms with van der Waals surface area (Å²) in [6.45, 7) is 4.07. The Kier molecular flexibility index (Phi) is 6.84. The molecule has 1 atom stereocenters. The standard InChI is InChI=1S/C19H25N3O4S2/c1-15(21(2)14-17-4-3-13-27-17)19(23)20-16-5-7-18(8-6-16)28(24,25)22-9-11-26-12-10-22/h3-8,13,15H,9-12,14H2,1-2H3,(H,20,23)/t15-/m1/s1. The van der Waals surface area contributed by atoms with Gasteiger partial charge >= 0.3 is 0 Å². The molecule has 2 heterocycles. The number of amides is 1. The van der Waals surface area contributed by atoms with Crippen molar-refractivity contribution in [1.82, 2.24) is 9.21 Å². The Labute approximate surface area is 170 Å². The minimum atomic E-state index is -3.53. The van der Waals surface area contributed by atoms with E-state index in [9.17, 15) is 13.2 Å². The van der Waals surface area contributed by atoms with Gasteiger partial charge in [0.2, 0.25) is 15.9 Å². The molecule has 0 unspecified atom stereocenters. The summed E-state index contributed by atoms with van der Waals surface area (Å²) in [7, 11) is -1.63. The molecule has 3 rings (SSSR count). The van der Waals surface area contributed by atoms with Crippen LogP contribution in [0.3, 0.4) is 0 Å². The van der Waals surface area contributed by atoms with E-state index in [4.69, 9.17) is 4.74 Å². The lowest BCUT2D eigenvalue weighted by Crippen LogP contribution is -2.40. The summed E-state index contributed by atoms with van der Waals surface area (Å²) >= 11 is 1.66. The molecule has 1 aromatic heterocycles. The second-order valence-electron chi connectivity index (χ2n) is 6.70. The Balaban J connectivity index is 1.61. The van der Waals surface area contributed by atoms with Gasteiger partial charge in [-0.2, -0.15) is 4.31 Å². The van der Waals surface area contributed by atoms with Crippen molar-refractivity contribution < 1.29 is 17.9 Å². The SMILES string of the molecule is C[C@H](C(=O)Nc1ccc(S(=O)(=O)N2CCOCC2)cc1)N(C)Cc1cccs1. The molecule has 0 bridgehead atoms. The Bertz CT molecular complexity index is 876. The number of carbonyl (C=O) groups is 1. The summed E-state index contributed by atoms with van der Waals surface area (Å²) in [6, 6.07) is 10.0. The van der Waals surface area contributed by atoms with E-state index in [1.54, 1.807) is 23.5 Å². The van der Waals surface area contributed by atoms with Crippen LogP contribution in [0.5, 0.6) is 0 Å². The van der Waals surface area contributed by atoms with Crippen molar-refractivity contribution in [3.63, 3.8) is 0 Å². The van der Waals surface area contributed by atoms with E-state index >= 15 is 0 Å². The first-order valence-corrected chi connectivity index (χ1v) is 11.4.